The molecule has 3 aromatic carbocycles. The average Bonchev–Trinajstić information content (AvgIpc) is 3.29. The van der Waals surface area contributed by atoms with Gasteiger partial charge in [-0.15, -0.1) is 0 Å². The zero-order valence-corrected chi connectivity index (χ0v) is 17.8. The first-order valence-electron chi connectivity index (χ1n) is 10.9. The molecule has 3 heterocycles. The zero-order valence-electron chi connectivity index (χ0n) is 17.8. The molecular formula is C29H20N4. The lowest BCUT2D eigenvalue weighted by atomic mass is 10.1. The number of benzene rings is 3. The number of nitrogens with zero attached hydrogens (tertiary/aromatic N) is 4. The van der Waals surface area contributed by atoms with Gasteiger partial charge in [0.1, 0.15) is 11.3 Å². The summed E-state index contributed by atoms with van der Waals surface area (Å²) in [6.07, 6.45) is 1.82. The van der Waals surface area contributed by atoms with Crippen molar-refractivity contribution in [3.63, 3.8) is 0 Å². The van der Waals surface area contributed by atoms with Crippen molar-refractivity contribution in [1.82, 2.24) is 19.5 Å². The minimum atomic E-state index is 0.827. The largest absolute Gasteiger partial charge is 0.277 e. The molecule has 4 nitrogen and oxygen atoms in total. The Labute approximate surface area is 191 Å². The van der Waals surface area contributed by atoms with E-state index in [1.807, 2.05) is 66.9 Å². The summed E-state index contributed by atoms with van der Waals surface area (Å²) in [6.45, 7) is 0. The van der Waals surface area contributed by atoms with Gasteiger partial charge in [-0.25, -0.2) is 9.97 Å². The van der Waals surface area contributed by atoms with E-state index >= 15 is 0 Å². The SMILES string of the molecule is c1ccc(-c2ccc3nc(-c4ccccc4)n(-c4cccc(-c5ccccn5)c4)c3n2)cc1. The summed E-state index contributed by atoms with van der Waals surface area (Å²) in [5.41, 5.74) is 7.71. The van der Waals surface area contributed by atoms with Gasteiger partial charge in [0, 0.05) is 28.6 Å². The Kier molecular flexibility index (Phi) is 4.74. The van der Waals surface area contributed by atoms with E-state index in [-0.39, 0.29) is 0 Å². The molecule has 0 saturated heterocycles. The highest BCUT2D eigenvalue weighted by molar-refractivity contribution is 5.83. The van der Waals surface area contributed by atoms with E-state index in [1.54, 1.807) is 0 Å². The Bertz CT molecular complexity index is 1540. The molecule has 6 aromatic rings. The quantitative estimate of drug-likeness (QED) is 0.312. The summed E-state index contributed by atoms with van der Waals surface area (Å²) in [6, 6.07) is 38.9. The number of fused-ring (bicyclic) bond motifs is 1. The summed E-state index contributed by atoms with van der Waals surface area (Å²) in [5.74, 6) is 0.862. The van der Waals surface area contributed by atoms with Gasteiger partial charge in [-0.1, -0.05) is 78.9 Å². The molecule has 0 N–H and O–H groups in total. The molecule has 0 saturated carbocycles. The first-order chi connectivity index (χ1) is 16.4. The summed E-state index contributed by atoms with van der Waals surface area (Å²) in [4.78, 5) is 14.6. The van der Waals surface area contributed by atoms with Crippen molar-refractivity contribution in [3.8, 4) is 39.6 Å². The van der Waals surface area contributed by atoms with E-state index in [4.69, 9.17) is 9.97 Å². The molecule has 0 radical (unpaired) electrons. The van der Waals surface area contributed by atoms with Crippen LogP contribution in [0.1, 0.15) is 0 Å². The maximum atomic E-state index is 5.06. The Hall–Kier alpha value is -4.57. The topological polar surface area (TPSA) is 43.6 Å². The van der Waals surface area contributed by atoms with Crippen LogP contribution in [0, 0.1) is 0 Å². The second-order valence-electron chi connectivity index (χ2n) is 7.81. The molecule has 0 bridgehead atoms. The van der Waals surface area contributed by atoms with E-state index in [0.29, 0.717) is 0 Å². The minimum Gasteiger partial charge on any atom is -0.277 e. The molecule has 4 heteroatoms. The highest BCUT2D eigenvalue weighted by Gasteiger charge is 2.17. The van der Waals surface area contributed by atoms with Gasteiger partial charge in [0.25, 0.3) is 0 Å². The van der Waals surface area contributed by atoms with Gasteiger partial charge in [0.2, 0.25) is 0 Å². The van der Waals surface area contributed by atoms with Gasteiger partial charge in [0.05, 0.1) is 11.4 Å². The molecule has 0 spiro atoms. The van der Waals surface area contributed by atoms with Crippen LogP contribution in [0.5, 0.6) is 0 Å². The normalized spacial score (nSPS) is 11.0. The second-order valence-corrected chi connectivity index (χ2v) is 7.81. The van der Waals surface area contributed by atoms with E-state index in [1.165, 1.54) is 0 Å². The summed E-state index contributed by atoms with van der Waals surface area (Å²) >= 11 is 0. The molecule has 156 valence electrons. The predicted octanol–water partition coefficient (Wildman–Crippen LogP) is 6.82. The molecule has 0 atom stereocenters. The monoisotopic (exact) mass is 424 g/mol. The standard InChI is InChI=1S/C29H20N4/c1-3-10-21(11-4-1)26-17-18-27-29(31-26)33(28(32-27)22-12-5-2-6-13-22)24-15-9-14-23(20-24)25-16-7-8-19-30-25/h1-20H. The number of hydrogen-bond acceptors (Lipinski definition) is 3. The van der Waals surface area contributed by atoms with Crippen LogP contribution in [-0.4, -0.2) is 19.5 Å². The van der Waals surface area contributed by atoms with Crippen molar-refractivity contribution < 1.29 is 0 Å². The van der Waals surface area contributed by atoms with Crippen LogP contribution in [0.25, 0.3) is 50.8 Å². The minimum absolute atomic E-state index is 0.827. The highest BCUT2D eigenvalue weighted by atomic mass is 15.1. The third kappa shape index (κ3) is 3.58. The van der Waals surface area contributed by atoms with Crippen LogP contribution >= 0.6 is 0 Å². The molecule has 3 aromatic heterocycles. The third-order valence-electron chi connectivity index (χ3n) is 5.67. The van der Waals surface area contributed by atoms with Crippen LogP contribution in [-0.2, 0) is 0 Å². The van der Waals surface area contributed by atoms with Crippen LogP contribution in [0.4, 0.5) is 0 Å². The molecule has 0 aliphatic rings. The summed E-state index contributed by atoms with van der Waals surface area (Å²) in [7, 11) is 0. The lowest BCUT2D eigenvalue weighted by Crippen LogP contribution is -2.00. The number of imidazole rings is 1. The highest BCUT2D eigenvalue weighted by Crippen LogP contribution is 2.31. The third-order valence-corrected chi connectivity index (χ3v) is 5.67. The first kappa shape index (κ1) is 19.1. The summed E-state index contributed by atoms with van der Waals surface area (Å²) in [5, 5.41) is 0. The van der Waals surface area contributed by atoms with Crippen LogP contribution in [0.2, 0.25) is 0 Å². The summed E-state index contributed by atoms with van der Waals surface area (Å²) < 4.78 is 2.14. The van der Waals surface area contributed by atoms with Crippen molar-refractivity contribution in [2.24, 2.45) is 0 Å². The van der Waals surface area contributed by atoms with Crippen molar-refractivity contribution in [2.75, 3.05) is 0 Å². The van der Waals surface area contributed by atoms with E-state index in [9.17, 15) is 0 Å². The van der Waals surface area contributed by atoms with E-state index in [0.717, 1.165) is 50.8 Å². The first-order valence-corrected chi connectivity index (χ1v) is 10.9. The smallest absolute Gasteiger partial charge is 0.165 e. The molecule has 33 heavy (non-hydrogen) atoms. The van der Waals surface area contributed by atoms with Gasteiger partial charge >= 0.3 is 0 Å². The van der Waals surface area contributed by atoms with Gasteiger partial charge in [0.15, 0.2) is 5.65 Å². The van der Waals surface area contributed by atoms with Crippen LogP contribution < -0.4 is 0 Å². The fourth-order valence-corrected chi connectivity index (χ4v) is 4.09. The number of pyridine rings is 2. The van der Waals surface area contributed by atoms with Gasteiger partial charge in [-0.3, -0.25) is 9.55 Å². The maximum Gasteiger partial charge on any atom is 0.165 e. The van der Waals surface area contributed by atoms with E-state index in [2.05, 4.69) is 64.1 Å². The van der Waals surface area contributed by atoms with Gasteiger partial charge in [-0.2, -0.15) is 0 Å². The second kappa shape index (κ2) is 8.17. The van der Waals surface area contributed by atoms with Gasteiger partial charge in [-0.05, 0) is 36.4 Å². The molecule has 0 fully saturated rings. The fraction of sp³-hybridized carbons (Fsp3) is 0. The Balaban J connectivity index is 1.61. The Morgan fingerprint density at radius 1 is 0.515 bits per heavy atom. The maximum absolute atomic E-state index is 5.06. The molecule has 0 unspecified atom stereocenters. The lowest BCUT2D eigenvalue weighted by Gasteiger charge is -2.11. The van der Waals surface area contributed by atoms with E-state index < -0.39 is 0 Å². The zero-order chi connectivity index (χ0) is 22.0. The lowest BCUT2D eigenvalue weighted by molar-refractivity contribution is 1.08. The van der Waals surface area contributed by atoms with Crippen molar-refractivity contribution >= 4 is 11.2 Å². The van der Waals surface area contributed by atoms with Gasteiger partial charge < -0.3 is 0 Å². The fourth-order valence-electron chi connectivity index (χ4n) is 4.09. The molecular weight excluding hydrogens is 404 g/mol. The number of aromatic nitrogens is 4. The van der Waals surface area contributed by atoms with Crippen molar-refractivity contribution in [2.45, 2.75) is 0 Å². The van der Waals surface area contributed by atoms with Crippen molar-refractivity contribution in [3.05, 3.63) is 121 Å². The van der Waals surface area contributed by atoms with Crippen LogP contribution in [0.15, 0.2) is 121 Å². The molecule has 0 aliphatic carbocycles. The molecule has 6 rings (SSSR count). The predicted molar refractivity (Wildman–Crippen MR) is 133 cm³/mol. The Morgan fingerprint density at radius 2 is 1.24 bits per heavy atom. The van der Waals surface area contributed by atoms with Crippen LogP contribution in [0.3, 0.4) is 0 Å². The average molecular weight is 425 g/mol. The molecule has 0 amide bonds. The number of hydrogen-bond donors (Lipinski definition) is 0. The number of rotatable bonds is 4. The Morgan fingerprint density at radius 3 is 2.00 bits per heavy atom. The molecule has 0 aliphatic heterocycles. The van der Waals surface area contributed by atoms with Crippen molar-refractivity contribution in [1.29, 1.82) is 0 Å².